The standard InChI is InChI=1S/C26H35N3O4S.C15H23N3O3S.C11H13BrO.CH4/c1-18-15-21(17-20(3)30)16-19(2)23(18)9-14-34(32,33)29-12-10-26(11-13-29)25(31)27-24(28-26)22-7-5-4-6-8-22;1-2-22(20,21)18-10-8-15(9-11-18)14(19)16-13(17-15)12-6-4-3-5-7-12;1-7-4-10(6-9(3)13)5-8(2)11(7)12;/h9,14-16,22H,4-8,10-13,17H2,1-3H3,(H,27,28,31);2,12H,1,3-11H2,(H,16,17,19);4-5H,6H2,1-3H3;1H4/b14-9+;;;. The van der Waals surface area contributed by atoms with E-state index < -0.39 is 31.1 Å². The minimum absolute atomic E-state index is 0. The van der Waals surface area contributed by atoms with E-state index in [2.05, 4.69) is 45.3 Å². The zero-order valence-electron chi connectivity index (χ0n) is 41.3. The molecule has 0 bridgehead atoms. The minimum atomic E-state index is -3.62. The molecule has 0 unspecified atom stereocenters. The molecule has 17 heteroatoms. The number of hydrogen-bond donors (Lipinski definition) is 2. The summed E-state index contributed by atoms with van der Waals surface area (Å²) in [6.45, 7) is 15.7. The van der Waals surface area contributed by atoms with Gasteiger partial charge in [0.15, 0.2) is 0 Å². The molecule has 14 nitrogen and oxygen atoms in total. The summed E-state index contributed by atoms with van der Waals surface area (Å²) in [5.41, 5.74) is 5.58. The molecule has 2 aliphatic carbocycles. The van der Waals surface area contributed by atoms with Crippen molar-refractivity contribution in [2.75, 3.05) is 26.2 Å². The lowest BCUT2D eigenvalue weighted by Crippen LogP contribution is -2.50. The highest BCUT2D eigenvalue weighted by atomic mass is 79.9. The summed E-state index contributed by atoms with van der Waals surface area (Å²) in [6, 6.07) is 7.98. The largest absolute Gasteiger partial charge is 0.312 e. The molecule has 2 N–H and O–H groups in total. The van der Waals surface area contributed by atoms with Crippen molar-refractivity contribution in [1.82, 2.24) is 19.2 Å². The van der Waals surface area contributed by atoms with E-state index in [0.29, 0.717) is 63.5 Å². The maximum absolute atomic E-state index is 13.0. The molecule has 6 aliphatic rings. The number of rotatable bonds is 11. The maximum Gasteiger partial charge on any atom is 0.253 e. The van der Waals surface area contributed by atoms with Gasteiger partial charge in [0.05, 0.1) is 0 Å². The van der Waals surface area contributed by atoms with E-state index in [0.717, 1.165) is 75.1 Å². The first-order chi connectivity index (χ1) is 32.6. The number of ketones is 2. The highest BCUT2D eigenvalue weighted by molar-refractivity contribution is 9.10. The van der Waals surface area contributed by atoms with Gasteiger partial charge in [0, 0.05) is 66.1 Å². The van der Waals surface area contributed by atoms with Gasteiger partial charge in [0.1, 0.15) is 34.3 Å². The maximum atomic E-state index is 13.0. The van der Waals surface area contributed by atoms with Crippen LogP contribution in [0.2, 0.25) is 0 Å². The summed E-state index contributed by atoms with van der Waals surface area (Å²) in [6.07, 6.45) is 15.8. The first-order valence-electron chi connectivity index (χ1n) is 24.5. The number of hydrogen-bond acceptors (Lipinski definition) is 10. The first-order valence-corrected chi connectivity index (χ1v) is 28.3. The number of aliphatic imine (C=N–C) groups is 2. The van der Waals surface area contributed by atoms with E-state index in [4.69, 9.17) is 9.98 Å². The Morgan fingerprint density at radius 1 is 0.657 bits per heavy atom. The Kier molecular flexibility index (Phi) is 19.5. The normalized spacial score (nSPS) is 20.8. The van der Waals surface area contributed by atoms with Crippen LogP contribution in [0.15, 0.2) is 56.1 Å². The smallest absolute Gasteiger partial charge is 0.253 e. The second-order valence-corrected chi connectivity index (χ2v) is 24.4. The number of carbonyl (C=O) groups excluding carboxylic acids is 4. The second kappa shape index (κ2) is 24.0. The summed E-state index contributed by atoms with van der Waals surface area (Å²) >= 11 is 3.49. The van der Waals surface area contributed by atoms with Crippen molar-refractivity contribution in [2.24, 2.45) is 21.8 Å². The lowest BCUT2D eigenvalue weighted by Gasteiger charge is -2.34. The van der Waals surface area contributed by atoms with Crippen molar-refractivity contribution in [3.05, 3.63) is 85.1 Å². The van der Waals surface area contributed by atoms with Crippen LogP contribution in [-0.2, 0) is 52.1 Å². The van der Waals surface area contributed by atoms with Crippen molar-refractivity contribution in [3.8, 4) is 0 Å². The van der Waals surface area contributed by atoms with Gasteiger partial charge >= 0.3 is 0 Å². The zero-order chi connectivity index (χ0) is 50.3. The molecule has 70 heavy (non-hydrogen) atoms. The van der Waals surface area contributed by atoms with Crippen LogP contribution >= 0.6 is 15.9 Å². The second-order valence-electron chi connectivity index (χ2n) is 19.9. The number of nitrogens with zero attached hydrogens (tertiary/aromatic N) is 4. The van der Waals surface area contributed by atoms with Gasteiger partial charge in [-0.05, 0) is 138 Å². The van der Waals surface area contributed by atoms with Crippen LogP contribution in [0.3, 0.4) is 0 Å². The van der Waals surface area contributed by atoms with E-state index in [9.17, 15) is 36.0 Å². The number of benzene rings is 2. The highest BCUT2D eigenvalue weighted by Crippen LogP contribution is 2.37. The van der Waals surface area contributed by atoms with Crippen LogP contribution in [-0.4, -0.2) is 97.8 Å². The zero-order valence-corrected chi connectivity index (χ0v) is 44.5. The number of nitrogens with one attached hydrogen (secondary N) is 2. The molecular weight excluding hydrogens is 993 g/mol. The third-order valence-electron chi connectivity index (χ3n) is 14.5. The van der Waals surface area contributed by atoms with Gasteiger partial charge in [-0.3, -0.25) is 29.2 Å². The average Bonchev–Trinajstić information content (AvgIpc) is 3.80. The lowest BCUT2D eigenvalue weighted by molar-refractivity contribution is -0.125. The number of sulfonamides is 2. The number of Topliss-reactive ketones (excluding diaryl/α,β-unsaturated/α-hetero) is 2. The van der Waals surface area contributed by atoms with Gasteiger partial charge in [-0.1, -0.05) is 92.7 Å². The first kappa shape index (κ1) is 56.8. The average molecular weight is 1070 g/mol. The van der Waals surface area contributed by atoms with Gasteiger partial charge in [0.2, 0.25) is 20.0 Å². The Morgan fingerprint density at radius 2 is 1.01 bits per heavy atom. The van der Waals surface area contributed by atoms with E-state index >= 15 is 0 Å². The number of amidine groups is 2. The molecule has 2 saturated carbocycles. The molecule has 2 amide bonds. The predicted octanol–water partition coefficient (Wildman–Crippen LogP) is 8.92. The molecule has 4 aliphatic heterocycles. The third kappa shape index (κ3) is 13.9. The minimum Gasteiger partial charge on any atom is -0.312 e. The SMILES string of the molecule is C.C=CS(=O)(=O)N1CCC2(CC1)N=C(C1CCCCC1)NC2=O.CC(=O)Cc1cc(C)c(/C=C/S(=O)(=O)N2CCC3(CC2)N=C(C2CCCCC2)NC3=O)c(C)c1.CC(=O)Cc1cc(C)c(Br)c(C)c1. The number of carbonyl (C=O) groups is 4. The summed E-state index contributed by atoms with van der Waals surface area (Å²) in [4.78, 5) is 57.1. The van der Waals surface area contributed by atoms with Crippen LogP contribution in [0.1, 0.15) is 150 Å². The van der Waals surface area contributed by atoms with Crippen LogP contribution in [0.5, 0.6) is 0 Å². The highest BCUT2D eigenvalue weighted by Gasteiger charge is 2.49. The molecule has 2 spiro atoms. The molecule has 4 fully saturated rings. The van der Waals surface area contributed by atoms with Gasteiger partial charge in [0.25, 0.3) is 11.8 Å². The fourth-order valence-electron chi connectivity index (χ4n) is 10.6. The van der Waals surface area contributed by atoms with Crippen molar-refractivity contribution in [1.29, 1.82) is 0 Å². The lowest BCUT2D eigenvalue weighted by atomic mass is 9.88. The van der Waals surface area contributed by atoms with E-state index in [-0.39, 0.29) is 43.9 Å². The fourth-order valence-corrected chi connectivity index (χ4v) is 12.9. The fraction of sp³-hybridized carbons (Fsp3) is 0.585. The number of piperidine rings is 2. The van der Waals surface area contributed by atoms with Gasteiger partial charge in [-0.2, -0.15) is 8.61 Å². The van der Waals surface area contributed by atoms with Crippen LogP contribution in [0.25, 0.3) is 6.08 Å². The monoisotopic (exact) mass is 1070 g/mol. The molecule has 384 valence electrons. The Labute approximate surface area is 425 Å². The topological polar surface area (TPSA) is 192 Å². The van der Waals surface area contributed by atoms with E-state index in [1.165, 1.54) is 63.7 Å². The van der Waals surface area contributed by atoms with E-state index in [1.807, 2.05) is 39.8 Å². The van der Waals surface area contributed by atoms with Crippen LogP contribution in [0, 0.1) is 39.5 Å². The summed E-state index contributed by atoms with van der Waals surface area (Å²) in [5.74, 6) is 2.54. The molecule has 4 heterocycles. The Morgan fingerprint density at radius 3 is 1.37 bits per heavy atom. The Bertz CT molecular complexity index is 2570. The summed E-state index contributed by atoms with van der Waals surface area (Å²) in [7, 11) is -7.03. The van der Waals surface area contributed by atoms with Crippen molar-refractivity contribution < 1.29 is 36.0 Å². The molecule has 2 saturated heterocycles. The van der Waals surface area contributed by atoms with Crippen LogP contribution in [0.4, 0.5) is 0 Å². The summed E-state index contributed by atoms with van der Waals surface area (Å²) < 4.78 is 53.7. The Balaban J connectivity index is 0.000000217. The Hall–Kier alpha value is -4.16. The van der Waals surface area contributed by atoms with Gasteiger partial charge in [-0.15, -0.1) is 0 Å². The van der Waals surface area contributed by atoms with E-state index in [1.54, 1.807) is 19.9 Å². The van der Waals surface area contributed by atoms with Crippen LogP contribution < -0.4 is 10.6 Å². The van der Waals surface area contributed by atoms with Gasteiger partial charge in [-0.25, -0.2) is 16.8 Å². The molecular formula is C53H75BrN6O8S2. The number of aryl methyl sites for hydroxylation is 4. The van der Waals surface area contributed by atoms with Crippen molar-refractivity contribution >= 4 is 77.1 Å². The summed E-state index contributed by atoms with van der Waals surface area (Å²) in [5, 5.41) is 8.22. The van der Waals surface area contributed by atoms with Gasteiger partial charge < -0.3 is 10.6 Å². The predicted molar refractivity (Wildman–Crippen MR) is 283 cm³/mol. The third-order valence-corrected chi connectivity index (χ3v) is 18.8. The number of amides is 2. The molecule has 2 aromatic carbocycles. The molecule has 0 radical (unpaired) electrons. The molecule has 0 atom stereocenters. The quantitative estimate of drug-likeness (QED) is 0.223. The molecule has 2 aromatic rings. The van der Waals surface area contributed by atoms with Crippen molar-refractivity contribution in [3.63, 3.8) is 0 Å². The molecule has 8 rings (SSSR count). The number of halogens is 1. The molecule has 0 aromatic heterocycles. The van der Waals surface area contributed by atoms with Crippen molar-refractivity contribution in [2.45, 2.75) is 163 Å².